The molecule has 0 bridgehead atoms. The van der Waals surface area contributed by atoms with Crippen LogP contribution in [0, 0.1) is 6.92 Å². The van der Waals surface area contributed by atoms with E-state index < -0.39 is 0 Å². The maximum absolute atomic E-state index is 5.52. The molecular weight excluding hydrogens is 206 g/mol. The number of nitrogens with zero attached hydrogens (tertiary/aromatic N) is 3. The molecule has 0 aliphatic carbocycles. The number of nitrogens with two attached hydrogens (primary N) is 1. The Kier molecular flexibility index (Phi) is 4.26. The highest BCUT2D eigenvalue weighted by molar-refractivity contribution is 6.03. The molecule has 0 saturated carbocycles. The van der Waals surface area contributed by atoms with E-state index in [1.54, 1.807) is 26.3 Å². The molecule has 1 heterocycles. The van der Waals surface area contributed by atoms with Crippen LogP contribution in [0.4, 0.5) is 0 Å². The highest BCUT2D eigenvalue weighted by Gasteiger charge is 2.07. The van der Waals surface area contributed by atoms with Gasteiger partial charge in [0, 0.05) is 13.3 Å². The van der Waals surface area contributed by atoms with Crippen LogP contribution in [0.15, 0.2) is 31.6 Å². The lowest BCUT2D eigenvalue weighted by atomic mass is 10.4. The summed E-state index contributed by atoms with van der Waals surface area (Å²) in [7, 11) is 1.56. The summed E-state index contributed by atoms with van der Waals surface area (Å²) in [5.41, 5.74) is 8.25. The van der Waals surface area contributed by atoms with Crippen molar-refractivity contribution in [3.8, 4) is 0 Å². The normalized spacial score (nSPS) is 13.4. The van der Waals surface area contributed by atoms with Crippen molar-refractivity contribution in [2.45, 2.75) is 13.8 Å². The first kappa shape index (κ1) is 12.0. The topological polar surface area (TPSA) is 88.3 Å². The van der Waals surface area contributed by atoms with Gasteiger partial charge in [-0.25, -0.2) is 0 Å². The summed E-state index contributed by atoms with van der Waals surface area (Å²) in [5, 5.41) is 3.87. The number of furan rings is 1. The molecule has 0 aliphatic heterocycles. The van der Waals surface area contributed by atoms with E-state index in [4.69, 9.17) is 10.2 Å². The average molecular weight is 221 g/mol. The van der Waals surface area contributed by atoms with Crippen molar-refractivity contribution in [2.24, 2.45) is 20.8 Å². The maximum atomic E-state index is 5.52. The van der Waals surface area contributed by atoms with Crippen LogP contribution >= 0.6 is 0 Å². The number of hydrogen-bond acceptors (Lipinski definition) is 3. The lowest BCUT2D eigenvalue weighted by Gasteiger charge is -2.01. The smallest absolute Gasteiger partial charge is 0.217 e. The monoisotopic (exact) mass is 221 g/mol. The Morgan fingerprint density at radius 3 is 2.75 bits per heavy atom. The fourth-order valence-electron chi connectivity index (χ4n) is 0.987. The summed E-state index contributed by atoms with van der Waals surface area (Å²) in [6, 6.07) is 3.62. The molecule has 0 aliphatic rings. The van der Waals surface area contributed by atoms with Crippen LogP contribution < -0.4 is 11.2 Å². The van der Waals surface area contributed by atoms with E-state index >= 15 is 0 Å². The Bertz CT molecular complexity index is 430. The molecule has 1 aromatic heterocycles. The molecule has 6 nitrogen and oxygen atoms in total. The number of amidine groups is 1. The molecule has 0 saturated heterocycles. The number of rotatable bonds is 2. The minimum Gasteiger partial charge on any atom is -0.458 e. The predicted octanol–water partition coefficient (Wildman–Crippen LogP) is 0.874. The third-order valence-corrected chi connectivity index (χ3v) is 1.73. The van der Waals surface area contributed by atoms with E-state index in [1.807, 2.05) is 13.0 Å². The van der Waals surface area contributed by atoms with E-state index in [1.165, 1.54) is 0 Å². The van der Waals surface area contributed by atoms with Crippen LogP contribution in [0.25, 0.3) is 0 Å². The van der Waals surface area contributed by atoms with E-state index in [2.05, 4.69) is 20.5 Å². The number of guanidine groups is 1. The Labute approximate surface area is 94.0 Å². The van der Waals surface area contributed by atoms with Crippen LogP contribution in [0.1, 0.15) is 18.4 Å². The van der Waals surface area contributed by atoms with Gasteiger partial charge in [-0.3, -0.25) is 10.4 Å². The summed E-state index contributed by atoms with van der Waals surface area (Å²) < 4.78 is 5.41. The zero-order chi connectivity index (χ0) is 12.0. The molecule has 1 aromatic rings. The van der Waals surface area contributed by atoms with Gasteiger partial charge in [0.05, 0.1) is 0 Å². The van der Waals surface area contributed by atoms with Crippen molar-refractivity contribution in [3.05, 3.63) is 23.7 Å². The maximum Gasteiger partial charge on any atom is 0.217 e. The standard InChI is InChI=1S/C10H15N5O/c1-4-13-15-9(14-10(11)12-3)8-6-5-7(2)16-8/h4-6H,1-3H3,(H3,11,12,14,15)/b13-4-. The van der Waals surface area contributed by atoms with Crippen molar-refractivity contribution < 1.29 is 4.42 Å². The lowest BCUT2D eigenvalue weighted by molar-refractivity contribution is 0.522. The van der Waals surface area contributed by atoms with Crippen molar-refractivity contribution >= 4 is 18.0 Å². The molecule has 1 rings (SSSR count). The molecule has 0 fully saturated rings. The summed E-state index contributed by atoms with van der Waals surface area (Å²) in [4.78, 5) is 7.78. The minimum absolute atomic E-state index is 0.155. The first-order valence-corrected chi connectivity index (χ1v) is 4.78. The number of aliphatic imine (C=N–C) groups is 2. The molecule has 0 aromatic carbocycles. The van der Waals surface area contributed by atoms with Gasteiger partial charge in [0.25, 0.3) is 0 Å². The van der Waals surface area contributed by atoms with Gasteiger partial charge in [-0.15, -0.1) is 0 Å². The van der Waals surface area contributed by atoms with Gasteiger partial charge in [-0.1, -0.05) is 0 Å². The second-order valence-electron chi connectivity index (χ2n) is 2.95. The Morgan fingerprint density at radius 1 is 1.50 bits per heavy atom. The van der Waals surface area contributed by atoms with Gasteiger partial charge in [0.15, 0.2) is 11.6 Å². The van der Waals surface area contributed by atoms with Crippen molar-refractivity contribution in [2.75, 3.05) is 7.05 Å². The quantitative estimate of drug-likeness (QED) is 0.441. The van der Waals surface area contributed by atoms with Gasteiger partial charge in [-0.05, 0) is 26.0 Å². The Balaban J connectivity index is 3.00. The summed E-state index contributed by atoms with van der Waals surface area (Å²) in [6.45, 7) is 3.64. The van der Waals surface area contributed by atoms with Crippen molar-refractivity contribution in [1.29, 1.82) is 0 Å². The SMILES string of the molecule is C/C=N\N/C(=N\C(N)=N/C)c1ccc(C)o1. The Morgan fingerprint density at radius 2 is 2.25 bits per heavy atom. The van der Waals surface area contributed by atoms with Gasteiger partial charge in [-0.2, -0.15) is 10.1 Å². The second-order valence-corrected chi connectivity index (χ2v) is 2.95. The molecule has 16 heavy (non-hydrogen) atoms. The highest BCUT2D eigenvalue weighted by atomic mass is 16.3. The summed E-state index contributed by atoms with van der Waals surface area (Å²) in [6.07, 6.45) is 1.60. The van der Waals surface area contributed by atoms with Gasteiger partial charge < -0.3 is 10.2 Å². The first-order chi connectivity index (χ1) is 7.67. The number of hydrogen-bond donors (Lipinski definition) is 2. The summed E-state index contributed by atoms with van der Waals surface area (Å²) >= 11 is 0. The van der Waals surface area contributed by atoms with Crippen LogP contribution in [-0.2, 0) is 0 Å². The lowest BCUT2D eigenvalue weighted by Crippen LogP contribution is -2.22. The third kappa shape index (κ3) is 3.23. The van der Waals surface area contributed by atoms with Crippen LogP contribution in [0.3, 0.4) is 0 Å². The van der Waals surface area contributed by atoms with E-state index in [9.17, 15) is 0 Å². The summed E-state index contributed by atoms with van der Waals surface area (Å²) in [5.74, 6) is 1.93. The zero-order valence-corrected chi connectivity index (χ0v) is 9.56. The Hall–Kier alpha value is -2.11. The van der Waals surface area contributed by atoms with E-state index in [-0.39, 0.29) is 5.96 Å². The molecule has 3 N–H and O–H groups in total. The van der Waals surface area contributed by atoms with Gasteiger partial charge >= 0.3 is 0 Å². The van der Waals surface area contributed by atoms with Gasteiger partial charge in [0.1, 0.15) is 5.76 Å². The van der Waals surface area contributed by atoms with Gasteiger partial charge in [0.2, 0.25) is 5.96 Å². The molecule has 6 heteroatoms. The van der Waals surface area contributed by atoms with E-state index in [0.717, 1.165) is 5.76 Å². The second kappa shape index (κ2) is 5.69. The largest absolute Gasteiger partial charge is 0.458 e. The number of hydrazone groups is 1. The van der Waals surface area contributed by atoms with Crippen molar-refractivity contribution in [3.63, 3.8) is 0 Å². The van der Waals surface area contributed by atoms with E-state index in [0.29, 0.717) is 11.6 Å². The van der Waals surface area contributed by atoms with Crippen LogP contribution in [0.2, 0.25) is 0 Å². The number of nitrogens with one attached hydrogen (secondary N) is 1. The number of aryl methyl sites for hydroxylation is 1. The van der Waals surface area contributed by atoms with Crippen molar-refractivity contribution in [1.82, 2.24) is 5.43 Å². The molecule has 0 radical (unpaired) electrons. The molecule has 0 atom stereocenters. The zero-order valence-electron chi connectivity index (χ0n) is 9.56. The molecule has 86 valence electrons. The average Bonchev–Trinajstić information content (AvgIpc) is 2.70. The fourth-order valence-corrected chi connectivity index (χ4v) is 0.987. The predicted molar refractivity (Wildman–Crippen MR) is 64.8 cm³/mol. The third-order valence-electron chi connectivity index (χ3n) is 1.73. The molecule has 0 spiro atoms. The van der Waals surface area contributed by atoms with Crippen LogP contribution in [0.5, 0.6) is 0 Å². The fraction of sp³-hybridized carbons (Fsp3) is 0.300. The molecular formula is C10H15N5O. The minimum atomic E-state index is 0.155. The highest BCUT2D eigenvalue weighted by Crippen LogP contribution is 2.06. The molecule has 0 unspecified atom stereocenters. The molecule has 0 amide bonds. The first-order valence-electron chi connectivity index (χ1n) is 4.78. The van der Waals surface area contributed by atoms with Crippen LogP contribution in [-0.4, -0.2) is 25.1 Å².